The lowest BCUT2D eigenvalue weighted by Crippen LogP contribution is -1.99. The van der Waals surface area contributed by atoms with Gasteiger partial charge in [-0.1, -0.05) is 12.1 Å². The van der Waals surface area contributed by atoms with E-state index in [0.717, 1.165) is 0 Å². The molecule has 0 aromatic heterocycles. The molecule has 0 N–H and O–H groups in total. The van der Waals surface area contributed by atoms with Crippen molar-refractivity contribution in [3.05, 3.63) is 88.4 Å². The highest BCUT2D eigenvalue weighted by Crippen LogP contribution is 2.40. The number of hydrogen-bond acceptors (Lipinski definition) is 5. The Balaban J connectivity index is 1.61. The fraction of sp³-hybridized carbons (Fsp3) is 0.160. The number of carbonyl (C=O) groups is 1. The van der Waals surface area contributed by atoms with Crippen molar-refractivity contribution in [2.45, 2.75) is 13.5 Å². The lowest BCUT2D eigenvalue weighted by molar-refractivity contribution is 0.101. The Bertz CT molecular complexity index is 1180. The Morgan fingerprint density at radius 3 is 2.55 bits per heavy atom. The van der Waals surface area contributed by atoms with Crippen LogP contribution in [-0.4, -0.2) is 20.0 Å². The van der Waals surface area contributed by atoms with Gasteiger partial charge in [0.05, 0.1) is 19.8 Å². The van der Waals surface area contributed by atoms with Crippen LogP contribution in [0.3, 0.4) is 0 Å². The van der Waals surface area contributed by atoms with Crippen molar-refractivity contribution in [1.82, 2.24) is 0 Å². The van der Waals surface area contributed by atoms with Gasteiger partial charge in [-0.25, -0.2) is 4.39 Å². The Hall–Kier alpha value is -3.80. The largest absolute Gasteiger partial charge is 0.497 e. The molecule has 31 heavy (non-hydrogen) atoms. The highest BCUT2D eigenvalue weighted by Gasteiger charge is 2.30. The summed E-state index contributed by atoms with van der Waals surface area (Å²) in [6.07, 6.45) is 1.64. The van der Waals surface area contributed by atoms with Crippen LogP contribution in [0.25, 0.3) is 6.08 Å². The third-order valence-electron chi connectivity index (χ3n) is 5.04. The van der Waals surface area contributed by atoms with Crippen LogP contribution >= 0.6 is 0 Å². The van der Waals surface area contributed by atoms with Gasteiger partial charge in [-0.2, -0.15) is 0 Å². The fourth-order valence-electron chi connectivity index (χ4n) is 3.41. The third kappa shape index (κ3) is 4.10. The van der Waals surface area contributed by atoms with E-state index in [1.54, 1.807) is 62.8 Å². The average Bonchev–Trinajstić information content (AvgIpc) is 3.09. The van der Waals surface area contributed by atoms with E-state index in [-0.39, 0.29) is 24.0 Å². The van der Waals surface area contributed by atoms with E-state index in [1.165, 1.54) is 12.1 Å². The molecule has 5 nitrogen and oxygen atoms in total. The summed E-state index contributed by atoms with van der Waals surface area (Å²) in [5.74, 6) is 1.90. The van der Waals surface area contributed by atoms with Gasteiger partial charge in [-0.3, -0.25) is 4.79 Å². The van der Waals surface area contributed by atoms with Gasteiger partial charge in [0.2, 0.25) is 5.78 Å². The first-order valence-corrected chi connectivity index (χ1v) is 9.67. The Labute approximate surface area is 179 Å². The second kappa shape index (κ2) is 8.52. The molecule has 0 saturated carbocycles. The normalized spacial score (nSPS) is 13.7. The van der Waals surface area contributed by atoms with Crippen LogP contribution in [0.5, 0.6) is 23.0 Å². The Kier molecular flexibility index (Phi) is 5.62. The minimum absolute atomic E-state index is 0.187. The molecule has 158 valence electrons. The van der Waals surface area contributed by atoms with Crippen LogP contribution < -0.4 is 18.9 Å². The highest BCUT2D eigenvalue weighted by molar-refractivity contribution is 6.15. The molecule has 0 unspecified atom stereocenters. The van der Waals surface area contributed by atoms with Gasteiger partial charge in [0.1, 0.15) is 35.4 Å². The standard InChI is InChI=1S/C25H21FO5/c1-15-21(30-14-16-5-4-6-18(26)11-16)10-8-20-24(27)23(31-25(15)20)13-17-12-19(28-2)7-9-22(17)29-3/h4-13H,14H2,1-3H3/b23-13-. The number of hydrogen-bond donors (Lipinski definition) is 0. The van der Waals surface area contributed by atoms with Crippen LogP contribution in [0.2, 0.25) is 0 Å². The van der Waals surface area contributed by atoms with Crippen LogP contribution in [0.4, 0.5) is 4.39 Å². The van der Waals surface area contributed by atoms with Gasteiger partial charge in [-0.15, -0.1) is 0 Å². The maximum atomic E-state index is 13.4. The topological polar surface area (TPSA) is 54.0 Å². The van der Waals surface area contributed by atoms with Crippen molar-refractivity contribution in [3.8, 4) is 23.0 Å². The van der Waals surface area contributed by atoms with Crippen LogP contribution in [0, 0.1) is 12.7 Å². The first-order chi connectivity index (χ1) is 15.0. The number of fused-ring (bicyclic) bond motifs is 1. The maximum Gasteiger partial charge on any atom is 0.231 e. The number of rotatable bonds is 6. The van der Waals surface area contributed by atoms with E-state index < -0.39 is 0 Å². The maximum absolute atomic E-state index is 13.4. The summed E-state index contributed by atoms with van der Waals surface area (Å²) in [6, 6.07) is 14.9. The molecule has 3 aromatic rings. The van der Waals surface area contributed by atoms with Gasteiger partial charge in [-0.05, 0) is 61.0 Å². The summed E-state index contributed by atoms with van der Waals surface area (Å²) in [5, 5.41) is 0. The van der Waals surface area contributed by atoms with Gasteiger partial charge in [0, 0.05) is 11.1 Å². The van der Waals surface area contributed by atoms with Crippen molar-refractivity contribution in [2.75, 3.05) is 14.2 Å². The molecule has 0 amide bonds. The molecule has 1 aliphatic rings. The summed E-state index contributed by atoms with van der Waals surface area (Å²) < 4.78 is 35.8. The number of ketones is 1. The molecule has 1 heterocycles. The van der Waals surface area contributed by atoms with Gasteiger partial charge < -0.3 is 18.9 Å². The molecule has 4 rings (SSSR count). The van der Waals surface area contributed by atoms with E-state index in [4.69, 9.17) is 18.9 Å². The molecule has 0 bridgehead atoms. The molecule has 6 heteroatoms. The van der Waals surface area contributed by atoms with Crippen LogP contribution in [-0.2, 0) is 6.61 Å². The van der Waals surface area contributed by atoms with Crippen molar-refractivity contribution >= 4 is 11.9 Å². The molecule has 0 fully saturated rings. The second-order valence-electron chi connectivity index (χ2n) is 7.03. The minimum Gasteiger partial charge on any atom is -0.497 e. The third-order valence-corrected chi connectivity index (χ3v) is 5.04. The number of halogens is 1. The molecule has 0 aliphatic carbocycles. The fourth-order valence-corrected chi connectivity index (χ4v) is 3.41. The molecular weight excluding hydrogens is 399 g/mol. The van der Waals surface area contributed by atoms with E-state index in [1.807, 2.05) is 6.92 Å². The molecule has 0 radical (unpaired) electrons. The summed E-state index contributed by atoms with van der Waals surface area (Å²) in [7, 11) is 3.13. The molecule has 0 saturated heterocycles. The van der Waals surface area contributed by atoms with E-state index in [2.05, 4.69) is 0 Å². The quantitative estimate of drug-likeness (QED) is 0.504. The predicted molar refractivity (Wildman–Crippen MR) is 114 cm³/mol. The Morgan fingerprint density at radius 2 is 1.81 bits per heavy atom. The summed E-state index contributed by atoms with van der Waals surface area (Å²) in [6.45, 7) is 2.02. The summed E-state index contributed by atoms with van der Waals surface area (Å²) in [4.78, 5) is 12.9. The number of ether oxygens (including phenoxy) is 4. The van der Waals surface area contributed by atoms with Crippen molar-refractivity contribution in [3.63, 3.8) is 0 Å². The van der Waals surface area contributed by atoms with E-state index in [9.17, 15) is 9.18 Å². The minimum atomic E-state index is -0.316. The second-order valence-corrected chi connectivity index (χ2v) is 7.03. The molecule has 0 atom stereocenters. The molecular formula is C25H21FO5. The summed E-state index contributed by atoms with van der Waals surface area (Å²) in [5.41, 5.74) is 2.54. The van der Waals surface area contributed by atoms with Crippen molar-refractivity contribution in [2.24, 2.45) is 0 Å². The van der Waals surface area contributed by atoms with Gasteiger partial charge in [0.15, 0.2) is 5.76 Å². The van der Waals surface area contributed by atoms with E-state index in [0.29, 0.717) is 45.3 Å². The summed E-state index contributed by atoms with van der Waals surface area (Å²) >= 11 is 0. The first-order valence-electron chi connectivity index (χ1n) is 9.67. The van der Waals surface area contributed by atoms with E-state index >= 15 is 0 Å². The number of benzene rings is 3. The number of methoxy groups -OCH3 is 2. The highest BCUT2D eigenvalue weighted by atomic mass is 19.1. The Morgan fingerprint density at radius 1 is 1.00 bits per heavy atom. The predicted octanol–water partition coefficient (Wildman–Crippen LogP) is 5.35. The SMILES string of the molecule is COc1ccc(OC)c(/C=C2\Oc3c(ccc(OCc4cccc(F)c4)c3C)C2=O)c1. The molecule has 1 aliphatic heterocycles. The van der Waals surface area contributed by atoms with Gasteiger partial charge >= 0.3 is 0 Å². The first kappa shape index (κ1) is 20.5. The van der Waals surface area contributed by atoms with Crippen molar-refractivity contribution < 1.29 is 28.1 Å². The number of Topliss-reactive ketones (excluding diaryl/α,β-unsaturated/α-hetero) is 1. The van der Waals surface area contributed by atoms with Crippen molar-refractivity contribution in [1.29, 1.82) is 0 Å². The zero-order valence-electron chi connectivity index (χ0n) is 17.4. The smallest absolute Gasteiger partial charge is 0.231 e. The number of carbonyl (C=O) groups excluding carboxylic acids is 1. The average molecular weight is 420 g/mol. The lowest BCUT2D eigenvalue weighted by atomic mass is 10.1. The van der Waals surface area contributed by atoms with Crippen LogP contribution in [0.1, 0.15) is 27.0 Å². The van der Waals surface area contributed by atoms with Gasteiger partial charge in [0.25, 0.3) is 0 Å². The molecule has 0 spiro atoms. The lowest BCUT2D eigenvalue weighted by Gasteiger charge is -2.11. The molecule has 3 aromatic carbocycles. The monoisotopic (exact) mass is 420 g/mol. The zero-order chi connectivity index (χ0) is 22.0. The zero-order valence-corrected chi connectivity index (χ0v) is 17.4. The number of allylic oxidation sites excluding steroid dienone is 1. The van der Waals surface area contributed by atoms with Crippen LogP contribution in [0.15, 0.2) is 60.4 Å².